The zero-order valence-corrected chi connectivity index (χ0v) is 15.2. The summed E-state index contributed by atoms with van der Waals surface area (Å²) in [4.78, 5) is 16.2. The molecule has 0 N–H and O–H groups in total. The normalized spacial score (nSPS) is 14.0. The molecule has 0 saturated heterocycles. The Balaban J connectivity index is 1.70. The summed E-state index contributed by atoms with van der Waals surface area (Å²) in [6, 6.07) is 14.0. The molecule has 136 valence electrons. The molecular formula is C23H22N2O2. The highest BCUT2D eigenvalue weighted by molar-refractivity contribution is 6.01. The zero-order valence-electron chi connectivity index (χ0n) is 15.2. The van der Waals surface area contributed by atoms with Crippen LogP contribution in [0.5, 0.6) is 5.75 Å². The fraction of sp³-hybridized carbons (Fsp3) is 0.217. The van der Waals surface area contributed by atoms with Crippen LogP contribution in [0.25, 0.3) is 0 Å². The van der Waals surface area contributed by atoms with Gasteiger partial charge in [-0.3, -0.25) is 4.79 Å². The lowest BCUT2D eigenvalue weighted by Gasteiger charge is -2.23. The number of rotatable bonds is 7. The van der Waals surface area contributed by atoms with Crippen LogP contribution in [-0.4, -0.2) is 15.3 Å². The first-order valence-corrected chi connectivity index (χ1v) is 9.22. The van der Waals surface area contributed by atoms with Gasteiger partial charge in [-0.15, -0.1) is 6.58 Å². The quantitative estimate of drug-likeness (QED) is 0.582. The van der Waals surface area contributed by atoms with Crippen molar-refractivity contribution in [2.75, 3.05) is 0 Å². The van der Waals surface area contributed by atoms with E-state index in [1.54, 1.807) is 12.5 Å². The number of Topliss-reactive ketones (excluding diaryl/α,β-unsaturated/α-hetero) is 1. The molecule has 0 unspecified atom stereocenters. The lowest BCUT2D eigenvalue weighted by molar-refractivity contribution is 0.0994. The molecule has 0 amide bonds. The maximum absolute atomic E-state index is 12.1. The minimum atomic E-state index is -0.154. The smallest absolute Gasteiger partial charge is 0.163 e. The number of hydrogen-bond donors (Lipinski definition) is 0. The lowest BCUT2D eigenvalue weighted by atomic mass is 9.99. The van der Waals surface area contributed by atoms with Crippen molar-refractivity contribution in [2.45, 2.75) is 31.9 Å². The maximum atomic E-state index is 12.1. The fourth-order valence-corrected chi connectivity index (χ4v) is 3.69. The van der Waals surface area contributed by atoms with E-state index in [0.717, 1.165) is 34.4 Å². The number of carbonyl (C=O) groups is 1. The monoisotopic (exact) mass is 358 g/mol. The van der Waals surface area contributed by atoms with E-state index >= 15 is 0 Å². The molecule has 4 heteroatoms. The summed E-state index contributed by atoms with van der Waals surface area (Å²) in [5.41, 5.74) is 4.14. The van der Waals surface area contributed by atoms with Crippen molar-refractivity contribution >= 4 is 5.78 Å². The number of carbonyl (C=O) groups excluding carboxylic acids is 1. The molecule has 1 aliphatic carbocycles. The van der Waals surface area contributed by atoms with Gasteiger partial charge in [0.25, 0.3) is 0 Å². The Bertz CT molecular complexity index is 946. The third-order valence-corrected chi connectivity index (χ3v) is 5.02. The summed E-state index contributed by atoms with van der Waals surface area (Å²) in [5, 5.41) is 0. The number of fused-ring (bicyclic) bond motifs is 1. The number of nitrogens with zero attached hydrogens (tertiary/aromatic N) is 2. The first-order valence-electron chi connectivity index (χ1n) is 9.22. The Morgan fingerprint density at radius 1 is 1.19 bits per heavy atom. The first-order chi connectivity index (χ1) is 13.3. The second kappa shape index (κ2) is 7.62. The molecule has 1 aromatic heterocycles. The van der Waals surface area contributed by atoms with E-state index in [-0.39, 0.29) is 11.9 Å². The van der Waals surface area contributed by atoms with Crippen LogP contribution >= 0.6 is 0 Å². The molecule has 0 saturated carbocycles. The number of ketones is 1. The van der Waals surface area contributed by atoms with Crippen molar-refractivity contribution in [1.29, 1.82) is 0 Å². The molecular weight excluding hydrogens is 336 g/mol. The standard InChI is InChI=1S/C23H22N2O2/c1-2-6-20-18-9-11-21(26)19(18)10-12-22(20)27-23(15-25-14-13-24-16-25)17-7-4-3-5-8-17/h2-5,7-8,10,12-14,16,23H,1,6,9,11,15H2/t23-/m1/s1. The highest BCUT2D eigenvalue weighted by Gasteiger charge is 2.25. The highest BCUT2D eigenvalue weighted by Crippen LogP contribution is 2.35. The minimum absolute atomic E-state index is 0.154. The minimum Gasteiger partial charge on any atom is -0.484 e. The van der Waals surface area contributed by atoms with E-state index in [2.05, 4.69) is 23.7 Å². The number of allylic oxidation sites excluding steroid dienone is 1. The summed E-state index contributed by atoms with van der Waals surface area (Å²) in [6.07, 6.45) is 9.28. The molecule has 3 aromatic rings. The van der Waals surface area contributed by atoms with Gasteiger partial charge in [0.15, 0.2) is 5.78 Å². The molecule has 1 heterocycles. The third kappa shape index (κ3) is 3.56. The predicted molar refractivity (Wildman–Crippen MR) is 105 cm³/mol. The van der Waals surface area contributed by atoms with Crippen molar-refractivity contribution in [3.63, 3.8) is 0 Å². The summed E-state index contributed by atoms with van der Waals surface area (Å²) < 4.78 is 8.53. The van der Waals surface area contributed by atoms with Gasteiger partial charge in [0.05, 0.1) is 12.9 Å². The summed E-state index contributed by atoms with van der Waals surface area (Å²) >= 11 is 0. The molecule has 27 heavy (non-hydrogen) atoms. The van der Waals surface area contributed by atoms with Crippen LogP contribution in [0.2, 0.25) is 0 Å². The van der Waals surface area contributed by atoms with Gasteiger partial charge in [0.1, 0.15) is 11.9 Å². The molecule has 0 radical (unpaired) electrons. The average Bonchev–Trinajstić information content (AvgIpc) is 3.34. The van der Waals surface area contributed by atoms with Gasteiger partial charge in [0, 0.05) is 29.9 Å². The van der Waals surface area contributed by atoms with Crippen LogP contribution in [0.15, 0.2) is 73.8 Å². The van der Waals surface area contributed by atoms with Gasteiger partial charge in [-0.25, -0.2) is 4.98 Å². The first kappa shape index (κ1) is 17.3. The van der Waals surface area contributed by atoms with Gasteiger partial charge in [-0.2, -0.15) is 0 Å². The highest BCUT2D eigenvalue weighted by atomic mass is 16.5. The van der Waals surface area contributed by atoms with E-state index in [1.165, 1.54) is 0 Å². The zero-order chi connectivity index (χ0) is 18.6. The van der Waals surface area contributed by atoms with Gasteiger partial charge < -0.3 is 9.30 Å². The average molecular weight is 358 g/mol. The van der Waals surface area contributed by atoms with E-state index in [4.69, 9.17) is 4.74 Å². The Kier molecular flexibility index (Phi) is 4.88. The summed E-state index contributed by atoms with van der Waals surface area (Å²) in [7, 11) is 0. The Morgan fingerprint density at radius 2 is 2.04 bits per heavy atom. The van der Waals surface area contributed by atoms with Gasteiger partial charge in [-0.1, -0.05) is 36.4 Å². The number of benzene rings is 2. The number of imidazole rings is 1. The van der Waals surface area contributed by atoms with E-state index in [1.807, 2.05) is 47.2 Å². The molecule has 1 aliphatic rings. The topological polar surface area (TPSA) is 44.1 Å². The van der Waals surface area contributed by atoms with Crippen molar-refractivity contribution in [2.24, 2.45) is 0 Å². The molecule has 4 rings (SSSR count). The fourth-order valence-electron chi connectivity index (χ4n) is 3.69. The number of ether oxygens (including phenoxy) is 1. The largest absolute Gasteiger partial charge is 0.484 e. The van der Waals surface area contributed by atoms with Crippen LogP contribution in [0.4, 0.5) is 0 Å². The van der Waals surface area contributed by atoms with Crippen molar-refractivity contribution in [3.8, 4) is 5.75 Å². The molecule has 0 bridgehead atoms. The van der Waals surface area contributed by atoms with Crippen LogP contribution in [-0.2, 0) is 19.4 Å². The molecule has 0 aliphatic heterocycles. The maximum Gasteiger partial charge on any atom is 0.163 e. The summed E-state index contributed by atoms with van der Waals surface area (Å²) in [6.45, 7) is 4.55. The lowest BCUT2D eigenvalue weighted by Crippen LogP contribution is -2.16. The van der Waals surface area contributed by atoms with Crippen molar-refractivity contribution in [3.05, 3.63) is 96.1 Å². The molecule has 4 nitrogen and oxygen atoms in total. The molecule has 1 atom stereocenters. The van der Waals surface area contributed by atoms with Crippen LogP contribution < -0.4 is 4.74 Å². The third-order valence-electron chi connectivity index (χ3n) is 5.02. The van der Waals surface area contributed by atoms with Gasteiger partial charge in [0.2, 0.25) is 0 Å². The Morgan fingerprint density at radius 3 is 2.78 bits per heavy atom. The summed E-state index contributed by atoms with van der Waals surface area (Å²) in [5.74, 6) is 1.05. The van der Waals surface area contributed by atoms with E-state index < -0.39 is 0 Å². The second-order valence-electron chi connectivity index (χ2n) is 6.76. The number of aromatic nitrogens is 2. The van der Waals surface area contributed by atoms with Gasteiger partial charge >= 0.3 is 0 Å². The Labute approximate surface area is 159 Å². The van der Waals surface area contributed by atoms with Gasteiger partial charge in [-0.05, 0) is 36.1 Å². The van der Waals surface area contributed by atoms with Crippen LogP contribution in [0, 0.1) is 0 Å². The number of hydrogen-bond acceptors (Lipinski definition) is 3. The predicted octanol–water partition coefficient (Wildman–Crippen LogP) is 4.56. The Hall–Kier alpha value is -3.14. The van der Waals surface area contributed by atoms with Crippen molar-refractivity contribution < 1.29 is 9.53 Å². The SMILES string of the molecule is C=CCc1c(O[C@H](Cn2ccnc2)c2ccccc2)ccc2c1CCC2=O. The van der Waals surface area contributed by atoms with Crippen LogP contribution in [0.1, 0.15) is 39.6 Å². The van der Waals surface area contributed by atoms with Crippen LogP contribution in [0.3, 0.4) is 0 Å². The molecule has 2 aromatic carbocycles. The molecule has 0 fully saturated rings. The second-order valence-corrected chi connectivity index (χ2v) is 6.76. The van der Waals surface area contributed by atoms with Crippen molar-refractivity contribution in [1.82, 2.24) is 9.55 Å². The van der Waals surface area contributed by atoms with E-state index in [0.29, 0.717) is 19.4 Å². The molecule has 0 spiro atoms. The van der Waals surface area contributed by atoms with E-state index in [9.17, 15) is 4.79 Å².